The van der Waals surface area contributed by atoms with E-state index < -0.39 is 63.4 Å². The van der Waals surface area contributed by atoms with E-state index in [1.54, 1.807) is 0 Å². The highest BCUT2D eigenvalue weighted by atomic mass is 19.1. The summed E-state index contributed by atoms with van der Waals surface area (Å²) < 4.78 is 26.2. The molecule has 0 N–H and O–H groups in total. The van der Waals surface area contributed by atoms with Gasteiger partial charge < -0.3 is 9.47 Å². The summed E-state index contributed by atoms with van der Waals surface area (Å²) in [5, 5.41) is 0. The number of esters is 2. The van der Waals surface area contributed by atoms with Gasteiger partial charge in [-0.3, -0.25) is 19.2 Å². The summed E-state index contributed by atoms with van der Waals surface area (Å²) in [6.07, 6.45) is 2.97. The predicted octanol–water partition coefficient (Wildman–Crippen LogP) is 1.48. The first-order chi connectivity index (χ1) is 12.6. The van der Waals surface area contributed by atoms with E-state index in [9.17, 15) is 19.2 Å². The van der Waals surface area contributed by atoms with E-state index in [1.165, 1.54) is 26.2 Å². The second-order valence-electron chi connectivity index (χ2n) is 8.70. The summed E-state index contributed by atoms with van der Waals surface area (Å²) in [7, 11) is 1.19. The Morgan fingerprint density at radius 2 is 2.07 bits per heavy atom. The minimum atomic E-state index is -1.87. The lowest BCUT2D eigenvalue weighted by molar-refractivity contribution is -0.164. The number of hydrogen-bond donors (Lipinski definition) is 0. The van der Waals surface area contributed by atoms with E-state index in [2.05, 4.69) is 6.58 Å². The SMILES string of the molecule is C=C1C(=O)[C@]23C[C@@]1(F)CC[C@H]2[C@@]12C=CC(=O)[C@](C)(C(=O)O1)[C@H]2[C@@H]3C(=O)OC. The van der Waals surface area contributed by atoms with Crippen molar-refractivity contribution in [2.75, 3.05) is 7.11 Å². The van der Waals surface area contributed by atoms with Gasteiger partial charge in [-0.05, 0) is 38.3 Å². The van der Waals surface area contributed by atoms with Crippen LogP contribution in [0.2, 0.25) is 0 Å². The third kappa shape index (κ3) is 1.42. The number of ketones is 2. The van der Waals surface area contributed by atoms with Gasteiger partial charge in [0.25, 0.3) is 0 Å². The van der Waals surface area contributed by atoms with Gasteiger partial charge in [0.05, 0.1) is 18.4 Å². The van der Waals surface area contributed by atoms with Gasteiger partial charge in [-0.15, -0.1) is 0 Å². The van der Waals surface area contributed by atoms with Crippen LogP contribution in [-0.2, 0) is 28.7 Å². The molecule has 0 aromatic carbocycles. The molecule has 0 amide bonds. The molecule has 7 atom stereocenters. The molecule has 0 unspecified atom stereocenters. The number of methoxy groups -OCH3 is 1. The van der Waals surface area contributed by atoms with Gasteiger partial charge in [0, 0.05) is 17.4 Å². The summed E-state index contributed by atoms with van der Waals surface area (Å²) >= 11 is 0. The molecule has 1 heterocycles. The molecule has 3 saturated carbocycles. The van der Waals surface area contributed by atoms with Gasteiger partial charge in [0.1, 0.15) is 16.7 Å². The van der Waals surface area contributed by atoms with Gasteiger partial charge >= 0.3 is 11.9 Å². The second-order valence-corrected chi connectivity index (χ2v) is 8.70. The van der Waals surface area contributed by atoms with Crippen LogP contribution in [0.4, 0.5) is 4.39 Å². The molecule has 1 saturated heterocycles. The molecule has 4 aliphatic carbocycles. The van der Waals surface area contributed by atoms with Crippen LogP contribution >= 0.6 is 0 Å². The van der Waals surface area contributed by atoms with Crippen LogP contribution in [0.5, 0.6) is 0 Å². The standard InChI is InChI=1S/C20H19FO6/c1-9-14(23)19-8-18(9,21)6-4-10(19)20-7-5-11(22)17(2,16(25)27-20)13(20)12(19)15(24)26-3/h5,7,10,12-13H,1,4,6,8H2,2-3H3/t10-,12-,13-,17+,18+,19-,20-/m1/s1. The highest BCUT2D eigenvalue weighted by molar-refractivity contribution is 6.14. The third-order valence-corrected chi connectivity index (χ3v) is 7.96. The van der Waals surface area contributed by atoms with Crippen LogP contribution in [0.25, 0.3) is 0 Å². The molecule has 6 nitrogen and oxygen atoms in total. The number of hydrogen-bond acceptors (Lipinski definition) is 6. The first kappa shape index (κ1) is 16.8. The van der Waals surface area contributed by atoms with E-state index in [0.717, 1.165) is 0 Å². The van der Waals surface area contributed by atoms with Crippen molar-refractivity contribution in [3.8, 4) is 0 Å². The fraction of sp³-hybridized carbons (Fsp3) is 0.600. The lowest BCUT2D eigenvalue weighted by atomic mass is 9.61. The molecule has 0 aromatic rings. The van der Waals surface area contributed by atoms with Crippen molar-refractivity contribution in [1.29, 1.82) is 0 Å². The molecular formula is C20H19FO6. The molecule has 5 rings (SSSR count). The zero-order chi connectivity index (χ0) is 19.6. The van der Waals surface area contributed by atoms with Crippen molar-refractivity contribution >= 4 is 23.5 Å². The Morgan fingerprint density at radius 1 is 1.37 bits per heavy atom. The Labute approximate surface area is 154 Å². The van der Waals surface area contributed by atoms with Crippen LogP contribution in [0.1, 0.15) is 26.2 Å². The Kier molecular flexibility index (Phi) is 2.74. The summed E-state index contributed by atoms with van der Waals surface area (Å²) in [4.78, 5) is 51.6. The van der Waals surface area contributed by atoms with Gasteiger partial charge in [0.15, 0.2) is 11.6 Å². The maximum atomic E-state index is 15.5. The number of alkyl halides is 1. The number of carbonyl (C=O) groups is 4. The summed E-state index contributed by atoms with van der Waals surface area (Å²) in [6.45, 7) is 5.13. The molecule has 4 fully saturated rings. The minimum absolute atomic E-state index is 0.0718. The number of allylic oxidation sites excluding steroid dienone is 2. The van der Waals surface area contributed by atoms with E-state index in [1.807, 2.05) is 0 Å². The monoisotopic (exact) mass is 374 g/mol. The molecule has 1 spiro atoms. The number of fused-ring (bicyclic) bond motifs is 1. The van der Waals surface area contributed by atoms with Gasteiger partial charge in [-0.1, -0.05) is 6.58 Å². The van der Waals surface area contributed by atoms with Crippen molar-refractivity contribution in [3.63, 3.8) is 0 Å². The number of halogens is 1. The molecule has 5 aliphatic rings. The zero-order valence-corrected chi connectivity index (χ0v) is 15.0. The highest BCUT2D eigenvalue weighted by Crippen LogP contribution is 2.76. The topological polar surface area (TPSA) is 86.7 Å². The third-order valence-electron chi connectivity index (χ3n) is 7.96. The van der Waals surface area contributed by atoms with E-state index in [4.69, 9.17) is 9.47 Å². The second kappa shape index (κ2) is 4.39. The number of rotatable bonds is 1. The number of ether oxygens (including phenoxy) is 2. The minimum Gasteiger partial charge on any atom is -0.469 e. The quantitative estimate of drug-likeness (QED) is 0.393. The molecule has 4 bridgehead atoms. The highest BCUT2D eigenvalue weighted by Gasteiger charge is 2.86. The average molecular weight is 374 g/mol. The normalized spacial score (nSPS) is 51.9. The maximum absolute atomic E-state index is 15.5. The average Bonchev–Trinajstić information content (AvgIpc) is 3.04. The van der Waals surface area contributed by atoms with Crippen LogP contribution in [0.3, 0.4) is 0 Å². The van der Waals surface area contributed by atoms with Crippen LogP contribution < -0.4 is 0 Å². The smallest absolute Gasteiger partial charge is 0.321 e. The summed E-state index contributed by atoms with van der Waals surface area (Å²) in [5.74, 6) is -5.02. The van der Waals surface area contributed by atoms with Gasteiger partial charge in [-0.2, -0.15) is 0 Å². The largest absolute Gasteiger partial charge is 0.469 e. The van der Waals surface area contributed by atoms with Gasteiger partial charge in [0.2, 0.25) is 0 Å². The lowest BCUT2D eigenvalue weighted by Gasteiger charge is -2.42. The lowest BCUT2D eigenvalue weighted by Crippen LogP contribution is -2.49. The van der Waals surface area contributed by atoms with E-state index in [-0.39, 0.29) is 24.8 Å². The molecule has 1 aliphatic heterocycles. The number of carbonyl (C=O) groups excluding carboxylic acids is 4. The van der Waals surface area contributed by atoms with Crippen LogP contribution in [0.15, 0.2) is 24.3 Å². The molecule has 142 valence electrons. The Morgan fingerprint density at radius 3 is 2.74 bits per heavy atom. The van der Waals surface area contributed by atoms with Crippen molar-refractivity contribution in [1.82, 2.24) is 0 Å². The van der Waals surface area contributed by atoms with Crippen molar-refractivity contribution in [3.05, 3.63) is 24.3 Å². The van der Waals surface area contributed by atoms with Crippen molar-refractivity contribution < 1.29 is 33.0 Å². The van der Waals surface area contributed by atoms with Crippen LogP contribution in [0, 0.1) is 28.6 Å². The molecule has 27 heavy (non-hydrogen) atoms. The first-order valence-electron chi connectivity index (χ1n) is 9.07. The van der Waals surface area contributed by atoms with E-state index >= 15 is 4.39 Å². The first-order valence-corrected chi connectivity index (χ1v) is 9.07. The fourth-order valence-corrected chi connectivity index (χ4v) is 6.83. The van der Waals surface area contributed by atoms with Crippen molar-refractivity contribution in [2.24, 2.45) is 28.6 Å². The maximum Gasteiger partial charge on any atom is 0.321 e. The van der Waals surface area contributed by atoms with E-state index in [0.29, 0.717) is 0 Å². The van der Waals surface area contributed by atoms with Crippen LogP contribution in [-0.4, -0.2) is 41.9 Å². The fourth-order valence-electron chi connectivity index (χ4n) is 6.83. The summed E-state index contributed by atoms with van der Waals surface area (Å²) in [6, 6.07) is 0. The molecular weight excluding hydrogens is 355 g/mol. The number of Topliss-reactive ketones (excluding diaryl/α,β-unsaturated/α-hetero) is 1. The molecule has 0 aromatic heterocycles. The molecule has 7 heteroatoms. The Hall–Kier alpha value is -2.31. The predicted molar refractivity (Wildman–Crippen MR) is 87.8 cm³/mol. The van der Waals surface area contributed by atoms with Gasteiger partial charge in [-0.25, -0.2) is 4.39 Å². The molecule has 0 radical (unpaired) electrons. The summed E-state index contributed by atoms with van der Waals surface area (Å²) in [5.41, 5.74) is -6.28. The van der Waals surface area contributed by atoms with Crippen molar-refractivity contribution in [2.45, 2.75) is 37.5 Å². The Bertz CT molecular complexity index is 906. The Balaban J connectivity index is 1.83. The zero-order valence-electron chi connectivity index (χ0n) is 15.0.